The highest BCUT2D eigenvalue weighted by atomic mass is 79.9. The maximum Gasteiger partial charge on any atom is 0.321 e. The summed E-state index contributed by atoms with van der Waals surface area (Å²) in [7, 11) is 1.69. The van der Waals surface area contributed by atoms with Gasteiger partial charge in [-0.2, -0.15) is 0 Å². The zero-order valence-electron chi connectivity index (χ0n) is 13.1. The highest BCUT2D eigenvalue weighted by Gasteiger charge is 2.17. The number of carbonyl (C=O) groups excluding carboxylic acids is 1. The molecule has 0 saturated carbocycles. The van der Waals surface area contributed by atoms with Crippen LogP contribution in [0.25, 0.3) is 0 Å². The number of anilines is 1. The number of hydrogen-bond donors (Lipinski definition) is 2. The molecule has 0 bridgehead atoms. The zero-order valence-corrected chi connectivity index (χ0v) is 14.7. The van der Waals surface area contributed by atoms with Crippen molar-refractivity contribution in [3.05, 3.63) is 46.4 Å². The van der Waals surface area contributed by atoms with E-state index in [1.165, 1.54) is 4.90 Å². The molecule has 2 amide bonds. The number of carbonyl (C=O) groups is 1. The number of ether oxygens (including phenoxy) is 2. The molecule has 0 radical (unpaired) electrons. The van der Waals surface area contributed by atoms with Crippen LogP contribution in [-0.2, 0) is 6.54 Å². The van der Waals surface area contributed by atoms with Crippen molar-refractivity contribution >= 4 is 27.6 Å². The van der Waals surface area contributed by atoms with Gasteiger partial charge >= 0.3 is 6.03 Å². The van der Waals surface area contributed by atoms with Gasteiger partial charge in [-0.15, -0.1) is 0 Å². The van der Waals surface area contributed by atoms with Crippen LogP contribution < -0.4 is 14.8 Å². The third-order valence-corrected chi connectivity index (χ3v) is 4.21. The van der Waals surface area contributed by atoms with Crippen LogP contribution in [0.4, 0.5) is 10.5 Å². The molecule has 2 aromatic carbocycles. The molecule has 0 saturated heterocycles. The average molecular weight is 393 g/mol. The normalized spacial score (nSPS) is 12.6. The number of phenolic OH excluding ortho intramolecular Hbond substituents is 1. The van der Waals surface area contributed by atoms with E-state index in [9.17, 15) is 9.90 Å². The Morgan fingerprint density at radius 1 is 1.25 bits per heavy atom. The molecule has 1 aliphatic heterocycles. The van der Waals surface area contributed by atoms with Crippen LogP contribution in [0.3, 0.4) is 0 Å². The van der Waals surface area contributed by atoms with Gasteiger partial charge in [0.15, 0.2) is 11.5 Å². The van der Waals surface area contributed by atoms with Crippen molar-refractivity contribution in [1.82, 2.24) is 4.90 Å². The molecule has 0 aromatic heterocycles. The number of rotatable bonds is 3. The number of aromatic hydroxyl groups is 1. The Morgan fingerprint density at radius 3 is 2.67 bits per heavy atom. The van der Waals surface area contributed by atoms with Crippen molar-refractivity contribution < 1.29 is 19.4 Å². The van der Waals surface area contributed by atoms with E-state index in [0.717, 1.165) is 5.56 Å². The van der Waals surface area contributed by atoms with Crippen LogP contribution in [0.1, 0.15) is 5.56 Å². The van der Waals surface area contributed by atoms with Crippen molar-refractivity contribution in [1.29, 1.82) is 0 Å². The van der Waals surface area contributed by atoms with Crippen molar-refractivity contribution in [2.45, 2.75) is 6.54 Å². The van der Waals surface area contributed by atoms with Crippen LogP contribution >= 0.6 is 15.9 Å². The number of urea groups is 1. The number of amides is 2. The number of phenols is 1. The lowest BCUT2D eigenvalue weighted by Crippen LogP contribution is -2.31. The zero-order chi connectivity index (χ0) is 17.1. The van der Waals surface area contributed by atoms with Gasteiger partial charge in [0.25, 0.3) is 0 Å². The molecule has 0 spiro atoms. The fraction of sp³-hybridized carbons (Fsp3) is 0.235. The van der Waals surface area contributed by atoms with Crippen LogP contribution in [-0.4, -0.2) is 36.3 Å². The highest BCUT2D eigenvalue weighted by molar-refractivity contribution is 9.10. The summed E-state index contributed by atoms with van der Waals surface area (Å²) in [5, 5.41) is 12.3. The third-order valence-electron chi connectivity index (χ3n) is 3.55. The average Bonchev–Trinajstić information content (AvgIpc) is 2.55. The first-order valence-electron chi connectivity index (χ1n) is 7.42. The van der Waals surface area contributed by atoms with E-state index in [1.54, 1.807) is 37.4 Å². The van der Waals surface area contributed by atoms with E-state index in [-0.39, 0.29) is 11.8 Å². The Bertz CT molecular complexity index is 766. The van der Waals surface area contributed by atoms with Crippen LogP contribution in [0.15, 0.2) is 40.9 Å². The van der Waals surface area contributed by atoms with Gasteiger partial charge in [-0.05, 0) is 33.6 Å². The molecule has 6 nitrogen and oxygen atoms in total. The minimum Gasteiger partial charge on any atom is -0.508 e. The quantitative estimate of drug-likeness (QED) is 0.836. The summed E-state index contributed by atoms with van der Waals surface area (Å²) in [5.74, 6) is 1.44. The monoisotopic (exact) mass is 392 g/mol. The molecule has 1 aliphatic rings. The molecule has 7 heteroatoms. The first kappa shape index (κ1) is 16.4. The summed E-state index contributed by atoms with van der Waals surface area (Å²) in [6, 6.07) is 10.1. The van der Waals surface area contributed by atoms with Crippen LogP contribution in [0, 0.1) is 0 Å². The Labute approximate surface area is 148 Å². The van der Waals surface area contributed by atoms with Crippen molar-refractivity contribution in [3.63, 3.8) is 0 Å². The van der Waals surface area contributed by atoms with Crippen LogP contribution in [0.5, 0.6) is 17.2 Å². The summed E-state index contributed by atoms with van der Waals surface area (Å²) in [6.45, 7) is 1.37. The van der Waals surface area contributed by atoms with Gasteiger partial charge in [0, 0.05) is 30.2 Å². The fourth-order valence-electron chi connectivity index (χ4n) is 2.37. The number of halogens is 1. The third kappa shape index (κ3) is 3.73. The predicted molar refractivity (Wildman–Crippen MR) is 93.7 cm³/mol. The van der Waals surface area contributed by atoms with Crippen LogP contribution in [0.2, 0.25) is 0 Å². The van der Waals surface area contributed by atoms with Gasteiger partial charge in [-0.25, -0.2) is 4.79 Å². The van der Waals surface area contributed by atoms with E-state index < -0.39 is 0 Å². The SMILES string of the molecule is CN(Cc1cccc(O)c1)C(=O)Nc1cc2c(cc1Br)OCCO2. The molecule has 1 heterocycles. The lowest BCUT2D eigenvalue weighted by atomic mass is 10.2. The molecular formula is C17H17BrN2O4. The minimum absolute atomic E-state index is 0.177. The maximum absolute atomic E-state index is 12.4. The number of benzene rings is 2. The summed E-state index contributed by atoms with van der Waals surface area (Å²) >= 11 is 3.43. The minimum atomic E-state index is -0.268. The smallest absolute Gasteiger partial charge is 0.321 e. The lowest BCUT2D eigenvalue weighted by molar-refractivity contribution is 0.171. The molecule has 3 rings (SSSR count). The first-order chi connectivity index (χ1) is 11.5. The number of nitrogens with zero attached hydrogens (tertiary/aromatic N) is 1. The molecule has 2 aromatic rings. The molecule has 0 atom stereocenters. The molecule has 0 aliphatic carbocycles. The number of fused-ring (bicyclic) bond motifs is 1. The maximum atomic E-state index is 12.4. The van der Waals surface area contributed by atoms with E-state index in [4.69, 9.17) is 9.47 Å². The Hall–Kier alpha value is -2.41. The predicted octanol–water partition coefficient (Wildman–Crippen LogP) is 3.59. The molecule has 2 N–H and O–H groups in total. The Balaban J connectivity index is 1.70. The van der Waals surface area contributed by atoms with E-state index >= 15 is 0 Å². The molecule has 126 valence electrons. The van der Waals surface area contributed by atoms with E-state index in [1.807, 2.05) is 6.07 Å². The summed E-state index contributed by atoms with van der Waals surface area (Å²) in [5.41, 5.74) is 1.45. The standard InChI is InChI=1S/C17H17BrN2O4/c1-20(10-11-3-2-4-12(21)7-11)17(22)19-14-9-16-15(8-13(14)18)23-5-6-24-16/h2-4,7-9,21H,5-6,10H2,1H3,(H,19,22). The lowest BCUT2D eigenvalue weighted by Gasteiger charge is -2.22. The molecule has 0 unspecified atom stereocenters. The number of hydrogen-bond acceptors (Lipinski definition) is 4. The molecule has 0 fully saturated rings. The second-order valence-electron chi connectivity index (χ2n) is 5.43. The largest absolute Gasteiger partial charge is 0.508 e. The topological polar surface area (TPSA) is 71.0 Å². The fourth-order valence-corrected chi connectivity index (χ4v) is 2.79. The Morgan fingerprint density at radius 2 is 1.96 bits per heavy atom. The summed E-state index contributed by atoms with van der Waals surface area (Å²) in [6.07, 6.45) is 0. The van der Waals surface area contributed by atoms with Gasteiger partial charge in [0.05, 0.1) is 5.69 Å². The van der Waals surface area contributed by atoms with Gasteiger partial charge in [-0.1, -0.05) is 12.1 Å². The highest BCUT2D eigenvalue weighted by Crippen LogP contribution is 2.38. The first-order valence-corrected chi connectivity index (χ1v) is 8.21. The molecule has 24 heavy (non-hydrogen) atoms. The van der Waals surface area contributed by atoms with Gasteiger partial charge in [0.2, 0.25) is 0 Å². The van der Waals surface area contributed by atoms with E-state index in [0.29, 0.717) is 41.4 Å². The summed E-state index contributed by atoms with van der Waals surface area (Å²) < 4.78 is 11.7. The van der Waals surface area contributed by atoms with Crippen molar-refractivity contribution in [3.8, 4) is 17.2 Å². The van der Waals surface area contributed by atoms with Gasteiger partial charge in [0.1, 0.15) is 19.0 Å². The van der Waals surface area contributed by atoms with Gasteiger partial charge < -0.3 is 24.8 Å². The van der Waals surface area contributed by atoms with E-state index in [2.05, 4.69) is 21.2 Å². The van der Waals surface area contributed by atoms with Crippen molar-refractivity contribution in [2.75, 3.05) is 25.6 Å². The van der Waals surface area contributed by atoms with Gasteiger partial charge in [-0.3, -0.25) is 0 Å². The Kier molecular flexibility index (Phi) is 4.80. The number of nitrogens with one attached hydrogen (secondary N) is 1. The summed E-state index contributed by atoms with van der Waals surface area (Å²) in [4.78, 5) is 13.9. The van der Waals surface area contributed by atoms with Crippen molar-refractivity contribution in [2.24, 2.45) is 0 Å². The second-order valence-corrected chi connectivity index (χ2v) is 6.29. The second kappa shape index (κ2) is 7.00. The molecular weight excluding hydrogens is 376 g/mol.